The molecular weight excluding hydrogens is 638 g/mol. The van der Waals surface area contributed by atoms with Crippen LogP contribution in [0, 0.1) is 17.8 Å². The zero-order valence-corrected chi connectivity index (χ0v) is 27.9. The normalized spacial score (nSPS) is 20.1. The standard InChI is InChI=1S/C36H45N9O5/c37-29(11-20-7-8-23-12-21-4-1-2-5-22(21)13-24(23)10-20)35(50)45-31-16-25(17-32(46)47)28(15-26(31)14-27-18-41-19-43-27)34(49)44-30(33(38)48)6-3-9-42-36(39)40/h1-2,4-5,7-8,10,12-13,18-19,25-26,28-31H,3,6,9,11,14-17,37H2,(H2,38,48)(H,41,43)(H,44,49)(H,45,50)(H,46,47)(H4,39,40,42)/p+1/t25?,26?,28-,29?,30?,31?/m0/s1. The van der Waals surface area contributed by atoms with E-state index >= 15 is 0 Å². The van der Waals surface area contributed by atoms with Crippen LogP contribution in [0.4, 0.5) is 0 Å². The van der Waals surface area contributed by atoms with E-state index in [9.17, 15) is 24.3 Å². The van der Waals surface area contributed by atoms with Crippen molar-refractivity contribution in [1.82, 2.24) is 20.6 Å². The van der Waals surface area contributed by atoms with Gasteiger partial charge in [0.1, 0.15) is 6.04 Å². The number of nitrogens with zero attached hydrogens (tertiary/aromatic N) is 1. The van der Waals surface area contributed by atoms with E-state index in [1.165, 1.54) is 0 Å². The third kappa shape index (κ3) is 9.35. The second-order valence-corrected chi connectivity index (χ2v) is 13.3. The zero-order chi connectivity index (χ0) is 35.8. The van der Waals surface area contributed by atoms with E-state index in [1.54, 1.807) is 12.5 Å². The molecule has 50 heavy (non-hydrogen) atoms. The Bertz CT molecular complexity index is 1860. The molecule has 1 aliphatic carbocycles. The highest BCUT2D eigenvalue weighted by Gasteiger charge is 2.42. The summed E-state index contributed by atoms with van der Waals surface area (Å²) in [5.74, 6) is -4.42. The van der Waals surface area contributed by atoms with E-state index in [-0.39, 0.29) is 37.0 Å². The largest absolute Gasteiger partial charge is 0.550 e. The van der Waals surface area contributed by atoms with Crippen molar-refractivity contribution < 1.29 is 35.0 Å². The Morgan fingerprint density at radius 2 is 1.70 bits per heavy atom. The summed E-state index contributed by atoms with van der Waals surface area (Å²) in [6.07, 6.45) is 4.83. The fraction of sp³-hybridized carbons (Fsp3) is 0.389. The Hall–Kier alpha value is -5.50. The highest BCUT2D eigenvalue weighted by Crippen LogP contribution is 2.38. The second-order valence-electron chi connectivity index (χ2n) is 13.3. The molecule has 14 heteroatoms. The summed E-state index contributed by atoms with van der Waals surface area (Å²) >= 11 is 0. The van der Waals surface area contributed by atoms with Gasteiger partial charge < -0.3 is 37.0 Å². The molecule has 0 spiro atoms. The van der Waals surface area contributed by atoms with E-state index in [1.807, 2.05) is 24.3 Å². The van der Waals surface area contributed by atoms with Crippen LogP contribution in [0.25, 0.3) is 21.5 Å². The number of carboxylic acid groups (broad SMARTS) is 1. The number of aliphatic carboxylic acids is 1. The first-order chi connectivity index (χ1) is 24.0. The molecular formula is C36H46N9O5+. The molecule has 5 unspecified atom stereocenters. The predicted molar refractivity (Wildman–Crippen MR) is 185 cm³/mol. The molecule has 0 aliphatic heterocycles. The predicted octanol–water partition coefficient (Wildman–Crippen LogP) is -2.52. The summed E-state index contributed by atoms with van der Waals surface area (Å²) in [7, 11) is 0. The number of quaternary nitrogens is 1. The molecule has 1 aromatic heterocycles. The number of carbonyl (C=O) groups is 4. The van der Waals surface area contributed by atoms with Gasteiger partial charge in [-0.2, -0.15) is 0 Å². The second kappa shape index (κ2) is 16.3. The van der Waals surface area contributed by atoms with Crippen molar-refractivity contribution in [2.75, 3.05) is 6.54 Å². The minimum atomic E-state index is -1.31. The first-order valence-electron chi connectivity index (χ1n) is 16.9. The third-order valence-corrected chi connectivity index (χ3v) is 9.66. The van der Waals surface area contributed by atoms with Crippen LogP contribution in [0.1, 0.15) is 43.4 Å². The fourth-order valence-corrected chi connectivity index (χ4v) is 7.11. The molecule has 1 heterocycles. The number of hydrogen-bond donors (Lipinski definition) is 8. The van der Waals surface area contributed by atoms with Gasteiger partial charge in [-0.15, -0.1) is 0 Å². The number of amides is 3. The van der Waals surface area contributed by atoms with Gasteiger partial charge in [-0.1, -0.05) is 42.5 Å². The monoisotopic (exact) mass is 684 g/mol. The maximum atomic E-state index is 13.7. The minimum absolute atomic E-state index is 0.0367. The van der Waals surface area contributed by atoms with Crippen LogP contribution in [-0.2, 0) is 32.0 Å². The third-order valence-electron chi connectivity index (χ3n) is 9.66. The smallest absolute Gasteiger partial charge is 0.338 e. The molecule has 0 bridgehead atoms. The van der Waals surface area contributed by atoms with Gasteiger partial charge in [0.25, 0.3) is 5.91 Å². The first-order valence-corrected chi connectivity index (χ1v) is 16.9. The molecule has 5 rings (SSSR count). The number of aromatic nitrogens is 2. The van der Waals surface area contributed by atoms with Crippen molar-refractivity contribution in [3.63, 3.8) is 0 Å². The number of fused-ring (bicyclic) bond motifs is 2. The highest BCUT2D eigenvalue weighted by molar-refractivity contribution is 5.98. The topological polar surface area (TPSA) is 264 Å². The van der Waals surface area contributed by atoms with Crippen molar-refractivity contribution in [2.45, 2.75) is 63.1 Å². The maximum absolute atomic E-state index is 13.7. The average molecular weight is 685 g/mol. The molecule has 1 fully saturated rings. The SMILES string of the molecule is NC(=O)C(CCC[NH+]=C(N)N)NC(=O)[C@H]1CC(Cc2cnc[nH]2)C(NC(=O)C([NH3+])Cc2ccc3cc4ccccc4cc3c2)CC1CC(=O)[O-]. The van der Waals surface area contributed by atoms with Gasteiger partial charge >= 0.3 is 5.96 Å². The molecule has 264 valence electrons. The van der Waals surface area contributed by atoms with Crippen LogP contribution >= 0.6 is 0 Å². The maximum Gasteiger partial charge on any atom is 0.338 e. The first kappa shape index (κ1) is 35.8. The van der Waals surface area contributed by atoms with Crippen LogP contribution in [-0.4, -0.2) is 64.3 Å². The van der Waals surface area contributed by atoms with Crippen molar-refractivity contribution in [1.29, 1.82) is 0 Å². The Morgan fingerprint density at radius 1 is 0.980 bits per heavy atom. The average Bonchev–Trinajstić information content (AvgIpc) is 3.58. The van der Waals surface area contributed by atoms with Gasteiger partial charge in [0, 0.05) is 36.2 Å². The zero-order valence-electron chi connectivity index (χ0n) is 27.9. The fourth-order valence-electron chi connectivity index (χ4n) is 7.11. The summed E-state index contributed by atoms with van der Waals surface area (Å²) in [5.41, 5.74) is 22.4. The number of primary amides is 1. The number of rotatable bonds is 15. The number of carbonyl (C=O) groups excluding carboxylic acids is 4. The lowest BCUT2D eigenvalue weighted by Crippen LogP contribution is -2.78. The summed E-state index contributed by atoms with van der Waals surface area (Å²) in [6, 6.07) is 16.5. The molecule has 4 aromatic rings. The number of nitrogens with two attached hydrogens (primary N) is 3. The van der Waals surface area contributed by atoms with Crippen LogP contribution in [0.2, 0.25) is 0 Å². The van der Waals surface area contributed by atoms with Crippen LogP contribution < -0.4 is 43.7 Å². The molecule has 1 saturated carbocycles. The number of H-pyrrole nitrogens is 1. The number of guanidine groups is 1. The van der Waals surface area contributed by atoms with Crippen molar-refractivity contribution in [2.24, 2.45) is 35.0 Å². The number of nitrogens with one attached hydrogen (secondary N) is 4. The minimum Gasteiger partial charge on any atom is -0.550 e. The molecule has 1 aliphatic rings. The van der Waals surface area contributed by atoms with Gasteiger partial charge in [-0.3, -0.25) is 30.8 Å². The molecule has 13 N–H and O–H groups in total. The highest BCUT2D eigenvalue weighted by atomic mass is 16.4. The number of imidazole rings is 1. The van der Waals surface area contributed by atoms with Crippen LogP contribution in [0.5, 0.6) is 0 Å². The summed E-state index contributed by atoms with van der Waals surface area (Å²) in [4.78, 5) is 61.4. The summed E-state index contributed by atoms with van der Waals surface area (Å²) in [6.45, 7) is 0.373. The molecule has 0 radical (unpaired) electrons. The molecule has 3 amide bonds. The Morgan fingerprint density at radius 3 is 2.36 bits per heavy atom. The van der Waals surface area contributed by atoms with Gasteiger partial charge in [0.15, 0.2) is 6.04 Å². The summed E-state index contributed by atoms with van der Waals surface area (Å²) < 4.78 is 0. The van der Waals surface area contributed by atoms with Crippen LogP contribution in [0.15, 0.2) is 67.1 Å². The Kier molecular flexibility index (Phi) is 11.6. The Balaban J connectivity index is 1.30. The number of hydrogen-bond acceptors (Lipinski definition) is 6. The van der Waals surface area contributed by atoms with E-state index in [0.29, 0.717) is 25.8 Å². The van der Waals surface area contributed by atoms with Crippen molar-refractivity contribution in [3.05, 3.63) is 78.4 Å². The van der Waals surface area contributed by atoms with Crippen LogP contribution in [0.3, 0.4) is 0 Å². The van der Waals surface area contributed by atoms with Gasteiger partial charge in [-0.25, -0.2) is 4.98 Å². The van der Waals surface area contributed by atoms with E-state index in [0.717, 1.165) is 32.8 Å². The van der Waals surface area contributed by atoms with E-state index in [4.69, 9.17) is 17.2 Å². The van der Waals surface area contributed by atoms with Gasteiger partial charge in [0.05, 0.1) is 12.9 Å². The lowest BCUT2D eigenvalue weighted by molar-refractivity contribution is -0.459. The number of benzene rings is 3. The van der Waals surface area contributed by atoms with E-state index in [2.05, 4.69) is 61.7 Å². The van der Waals surface area contributed by atoms with Gasteiger partial charge in [-0.05, 0) is 89.6 Å². The van der Waals surface area contributed by atoms with E-state index < -0.39 is 54.2 Å². The lowest BCUT2D eigenvalue weighted by Gasteiger charge is -2.41. The molecule has 0 saturated heterocycles. The van der Waals surface area contributed by atoms with Gasteiger partial charge in [0.2, 0.25) is 11.8 Å². The molecule has 14 nitrogen and oxygen atoms in total. The number of aromatic amines is 1. The lowest BCUT2D eigenvalue weighted by atomic mass is 9.68. The number of carboxylic acids is 1. The summed E-state index contributed by atoms with van der Waals surface area (Å²) in [5, 5.41) is 22.2. The Labute approximate surface area is 289 Å². The molecule has 3 aromatic carbocycles. The molecule has 6 atom stereocenters. The van der Waals surface area contributed by atoms with Crippen molar-refractivity contribution >= 4 is 51.2 Å². The van der Waals surface area contributed by atoms with Crippen molar-refractivity contribution in [3.8, 4) is 0 Å². The quantitative estimate of drug-likeness (QED) is 0.0286.